The maximum Gasteiger partial charge on any atom is 0.220 e. The van der Waals surface area contributed by atoms with E-state index >= 15 is 0 Å². The average Bonchev–Trinajstić information content (AvgIpc) is 2.09. The van der Waals surface area contributed by atoms with E-state index in [0.29, 0.717) is 13.2 Å². The lowest BCUT2D eigenvalue weighted by Gasteiger charge is -2.18. The normalized spacial score (nSPS) is 12.8. The molecule has 0 amide bonds. The van der Waals surface area contributed by atoms with Gasteiger partial charge in [-0.2, -0.15) is 0 Å². The Bertz CT molecular complexity index is 312. The van der Waals surface area contributed by atoms with Crippen molar-refractivity contribution in [2.24, 2.45) is 0 Å². The lowest BCUT2D eigenvalue weighted by Crippen LogP contribution is -2.05. The van der Waals surface area contributed by atoms with Crippen molar-refractivity contribution in [3.05, 3.63) is 0 Å². The van der Waals surface area contributed by atoms with Crippen LogP contribution in [0.5, 0.6) is 0 Å². The van der Waals surface area contributed by atoms with Crippen molar-refractivity contribution in [1.29, 1.82) is 0 Å². The van der Waals surface area contributed by atoms with Gasteiger partial charge in [0.25, 0.3) is 0 Å². The fourth-order valence-electron chi connectivity index (χ4n) is 0.846. The van der Waals surface area contributed by atoms with Gasteiger partial charge >= 0.3 is 0 Å². The Balaban J connectivity index is 4.71. The second-order valence-electron chi connectivity index (χ2n) is 3.62. The van der Waals surface area contributed by atoms with Gasteiger partial charge in [-0.25, -0.2) is 0 Å². The van der Waals surface area contributed by atoms with Gasteiger partial charge in [0.1, 0.15) is 0 Å². The van der Waals surface area contributed by atoms with Crippen LogP contribution in [0.3, 0.4) is 0 Å². The third-order valence-electron chi connectivity index (χ3n) is 1.33. The van der Waals surface area contributed by atoms with Crippen molar-refractivity contribution in [1.82, 2.24) is 0 Å². The van der Waals surface area contributed by atoms with Crippen LogP contribution in [0.2, 0.25) is 0 Å². The molecule has 0 aliphatic heterocycles. The Labute approximate surface area is 98.7 Å². The van der Waals surface area contributed by atoms with E-state index in [-0.39, 0.29) is 0 Å². The predicted octanol–water partition coefficient (Wildman–Crippen LogP) is 2.45. The molecule has 15 heavy (non-hydrogen) atoms. The van der Waals surface area contributed by atoms with Crippen LogP contribution in [0.25, 0.3) is 0 Å². The summed E-state index contributed by atoms with van der Waals surface area (Å²) in [6.07, 6.45) is 5.07. The lowest BCUT2D eigenvalue weighted by atomic mass is 10.5. The second kappa shape index (κ2) is 7.02. The number of rotatable bonds is 7. The molecule has 0 N–H and O–H groups in total. The maximum atomic E-state index is 11.7. The molecule has 0 spiro atoms. The minimum atomic E-state index is -2.44. The van der Waals surface area contributed by atoms with Gasteiger partial charge in [0, 0.05) is 12.5 Å². The monoisotopic (exact) mass is 272 g/mol. The number of hydrogen-bond acceptors (Lipinski definition) is 4. The Kier molecular flexibility index (Phi) is 7.30. The highest BCUT2D eigenvalue weighted by Crippen LogP contribution is 2.46. The Morgan fingerprint density at radius 3 is 1.87 bits per heavy atom. The first kappa shape index (κ1) is 15.6. The molecule has 0 unspecified atom stereocenters. The van der Waals surface area contributed by atoms with Gasteiger partial charge in [-0.3, -0.25) is 4.21 Å². The molecule has 0 fully saturated rings. The summed E-state index contributed by atoms with van der Waals surface area (Å²) in [6, 6.07) is 0. The molecule has 0 aromatic rings. The molecular weight excluding hydrogens is 251 g/mol. The van der Waals surface area contributed by atoms with Gasteiger partial charge < -0.3 is 9.05 Å². The van der Waals surface area contributed by atoms with Crippen molar-refractivity contribution in [3.63, 3.8) is 0 Å². The first-order valence-corrected chi connectivity index (χ1v) is 10.2. The molecular formula is C9H21O3PS2. The van der Waals surface area contributed by atoms with E-state index in [4.69, 9.17) is 20.9 Å². The van der Waals surface area contributed by atoms with E-state index in [0.717, 1.165) is 12.8 Å². The van der Waals surface area contributed by atoms with Crippen LogP contribution >= 0.6 is 6.49 Å². The summed E-state index contributed by atoms with van der Waals surface area (Å²) in [6.45, 7) is 2.70. The van der Waals surface area contributed by atoms with Gasteiger partial charge in [0.15, 0.2) is 0 Å². The van der Waals surface area contributed by atoms with Crippen molar-refractivity contribution >= 4 is 32.9 Å². The van der Waals surface area contributed by atoms with E-state index in [1.54, 1.807) is 17.6 Å². The topological polar surface area (TPSA) is 35.5 Å². The van der Waals surface area contributed by atoms with Crippen LogP contribution in [0, 0.1) is 0 Å². The van der Waals surface area contributed by atoms with Crippen molar-refractivity contribution in [2.75, 3.05) is 25.7 Å². The molecule has 0 saturated heterocycles. The third kappa shape index (κ3) is 8.40. The average molecular weight is 272 g/mol. The van der Waals surface area contributed by atoms with Crippen LogP contribution in [0.15, 0.2) is 0 Å². The minimum Gasteiger partial charge on any atom is -0.326 e. The van der Waals surface area contributed by atoms with Crippen LogP contribution in [0.1, 0.15) is 26.7 Å². The zero-order valence-corrected chi connectivity index (χ0v) is 12.4. The molecule has 0 bridgehead atoms. The fraction of sp³-hybridized carbons (Fsp3) is 0.889. The molecule has 0 rings (SSSR count). The van der Waals surface area contributed by atoms with Gasteiger partial charge in [-0.05, 0) is 34.2 Å². The fourth-order valence-corrected chi connectivity index (χ4v) is 7.08. The molecule has 0 aromatic carbocycles. The first-order valence-electron chi connectivity index (χ1n) is 5.02. The van der Waals surface area contributed by atoms with Crippen LogP contribution in [-0.4, -0.2) is 35.0 Å². The Hall–Kier alpha value is 0.590. The quantitative estimate of drug-likeness (QED) is 0.527. The molecule has 0 atom stereocenters. The van der Waals surface area contributed by atoms with Crippen LogP contribution < -0.4 is 0 Å². The predicted molar refractivity (Wildman–Crippen MR) is 72.8 cm³/mol. The summed E-state index contributed by atoms with van der Waals surface area (Å²) < 4.78 is 22.7. The highest BCUT2D eigenvalue weighted by atomic mass is 32.5. The van der Waals surface area contributed by atoms with E-state index in [1.165, 1.54) is 0 Å². The number of hydrogen-bond donors (Lipinski definition) is 0. The molecule has 6 heteroatoms. The summed E-state index contributed by atoms with van der Waals surface area (Å²) in [5, 5.41) is 1.60. The zero-order chi connectivity index (χ0) is 11.9. The summed E-state index contributed by atoms with van der Waals surface area (Å²) in [5.41, 5.74) is 0. The van der Waals surface area contributed by atoms with Crippen molar-refractivity contribution in [3.8, 4) is 0 Å². The van der Waals surface area contributed by atoms with Gasteiger partial charge in [0.2, 0.25) is 6.49 Å². The minimum absolute atomic E-state index is 0.563. The Morgan fingerprint density at radius 1 is 1.20 bits per heavy atom. The van der Waals surface area contributed by atoms with Crippen molar-refractivity contribution < 1.29 is 13.3 Å². The summed E-state index contributed by atoms with van der Waals surface area (Å²) in [4.78, 5) is 0. The Morgan fingerprint density at radius 2 is 1.60 bits per heavy atom. The van der Waals surface area contributed by atoms with Gasteiger partial charge in [-0.15, -0.1) is 0 Å². The van der Waals surface area contributed by atoms with Gasteiger partial charge in [-0.1, -0.05) is 13.8 Å². The molecule has 0 radical (unpaired) electrons. The molecule has 0 aliphatic rings. The van der Waals surface area contributed by atoms with Crippen LogP contribution in [-0.2, 0) is 30.4 Å². The largest absolute Gasteiger partial charge is 0.326 e. The first-order chi connectivity index (χ1) is 6.83. The van der Waals surface area contributed by atoms with Crippen molar-refractivity contribution in [2.45, 2.75) is 26.7 Å². The molecule has 92 valence electrons. The highest BCUT2D eigenvalue weighted by Gasteiger charge is 2.16. The zero-order valence-electron chi connectivity index (χ0n) is 9.89. The summed E-state index contributed by atoms with van der Waals surface area (Å²) in [5.74, 6) is 0. The molecule has 0 heterocycles. The standard InChI is InChI=1S/C9H21O3PS2/c1-5-7-11-13(14,12-8-6-2)9-15(3,4)10/h9H,5-8H2,1-4H3. The lowest BCUT2D eigenvalue weighted by molar-refractivity contribution is 0.257. The highest BCUT2D eigenvalue weighted by molar-refractivity contribution is 8.25. The molecule has 3 nitrogen and oxygen atoms in total. The van der Waals surface area contributed by atoms with E-state index in [2.05, 4.69) is 0 Å². The summed E-state index contributed by atoms with van der Waals surface area (Å²) in [7, 11) is -2.02. The smallest absolute Gasteiger partial charge is 0.220 e. The van der Waals surface area contributed by atoms with E-state index in [1.807, 2.05) is 13.8 Å². The van der Waals surface area contributed by atoms with Gasteiger partial charge in [0.05, 0.1) is 18.3 Å². The SMILES string of the molecule is CCCOP(=S)(C=S(C)(C)=O)OCCC. The van der Waals surface area contributed by atoms with E-state index in [9.17, 15) is 4.21 Å². The van der Waals surface area contributed by atoms with Crippen LogP contribution in [0.4, 0.5) is 0 Å². The summed E-state index contributed by atoms with van der Waals surface area (Å²) >= 11 is 5.31. The van der Waals surface area contributed by atoms with E-state index < -0.39 is 16.0 Å². The molecule has 0 aliphatic carbocycles. The maximum absolute atomic E-state index is 11.7. The third-order valence-corrected chi connectivity index (χ3v) is 6.89. The molecule has 0 saturated carbocycles. The molecule has 0 aromatic heterocycles. The second-order valence-corrected chi connectivity index (χ2v) is 10.2.